The highest BCUT2D eigenvalue weighted by molar-refractivity contribution is 5.93. The van der Waals surface area contributed by atoms with Gasteiger partial charge in [-0.15, -0.1) is 0 Å². The Morgan fingerprint density at radius 1 is 0.625 bits per heavy atom. The van der Waals surface area contributed by atoms with Gasteiger partial charge in [-0.3, -0.25) is 19.2 Å². The van der Waals surface area contributed by atoms with Crippen LogP contribution in [0.4, 0.5) is 0 Å². The molecule has 2 N–H and O–H groups in total. The SMILES string of the molecule is O=Cc1ccc(C(=O)OCC(=O)NCCNC(=O)COC(=O)c2ccc(C=O)cc2)cc1. The Morgan fingerprint density at radius 3 is 1.28 bits per heavy atom. The number of ether oxygens (including phenoxy) is 2. The second-order valence-corrected chi connectivity index (χ2v) is 6.33. The van der Waals surface area contributed by atoms with E-state index in [4.69, 9.17) is 9.47 Å². The summed E-state index contributed by atoms with van der Waals surface area (Å²) in [5, 5.41) is 4.90. The lowest BCUT2D eigenvalue weighted by atomic mass is 10.1. The minimum absolute atomic E-state index is 0.0667. The minimum atomic E-state index is -0.714. The van der Waals surface area contributed by atoms with Crippen molar-refractivity contribution >= 4 is 36.3 Å². The zero-order chi connectivity index (χ0) is 23.3. The zero-order valence-corrected chi connectivity index (χ0v) is 16.9. The van der Waals surface area contributed by atoms with E-state index in [2.05, 4.69) is 10.6 Å². The Kier molecular flexibility index (Phi) is 9.26. The molecular formula is C22H20N2O8. The van der Waals surface area contributed by atoms with Crippen molar-refractivity contribution in [2.75, 3.05) is 26.3 Å². The van der Waals surface area contributed by atoms with Gasteiger partial charge in [0, 0.05) is 24.2 Å². The molecule has 2 aromatic carbocycles. The molecule has 2 aromatic rings. The molecule has 0 saturated heterocycles. The van der Waals surface area contributed by atoms with Gasteiger partial charge in [0.05, 0.1) is 11.1 Å². The highest BCUT2D eigenvalue weighted by Gasteiger charge is 2.11. The van der Waals surface area contributed by atoms with Crippen LogP contribution in [-0.2, 0) is 19.1 Å². The molecule has 0 radical (unpaired) electrons. The van der Waals surface area contributed by atoms with Crippen LogP contribution in [0.2, 0.25) is 0 Å². The Hall–Kier alpha value is -4.34. The third kappa shape index (κ3) is 7.82. The van der Waals surface area contributed by atoms with Crippen LogP contribution in [0.5, 0.6) is 0 Å². The molecule has 0 spiro atoms. The second kappa shape index (κ2) is 12.4. The van der Waals surface area contributed by atoms with Gasteiger partial charge >= 0.3 is 11.9 Å². The van der Waals surface area contributed by atoms with E-state index in [1.807, 2.05) is 0 Å². The molecule has 0 bridgehead atoms. The summed E-state index contributed by atoms with van der Waals surface area (Å²) in [6, 6.07) is 11.4. The van der Waals surface area contributed by atoms with Gasteiger partial charge < -0.3 is 20.1 Å². The molecule has 0 heterocycles. The lowest BCUT2D eigenvalue weighted by Crippen LogP contribution is -2.38. The maximum atomic E-state index is 11.8. The summed E-state index contributed by atoms with van der Waals surface area (Å²) in [4.78, 5) is 68.2. The Balaban J connectivity index is 1.59. The van der Waals surface area contributed by atoms with Crippen molar-refractivity contribution in [2.24, 2.45) is 0 Å². The van der Waals surface area contributed by atoms with Crippen LogP contribution >= 0.6 is 0 Å². The lowest BCUT2D eigenvalue weighted by Gasteiger charge is -2.08. The maximum absolute atomic E-state index is 11.8. The Morgan fingerprint density at radius 2 is 0.969 bits per heavy atom. The first-order valence-corrected chi connectivity index (χ1v) is 9.41. The van der Waals surface area contributed by atoms with E-state index in [1.54, 1.807) is 0 Å². The molecule has 166 valence electrons. The maximum Gasteiger partial charge on any atom is 0.338 e. The number of hydrogen-bond donors (Lipinski definition) is 2. The number of rotatable bonds is 11. The van der Waals surface area contributed by atoms with Crippen molar-refractivity contribution in [1.29, 1.82) is 0 Å². The fourth-order valence-corrected chi connectivity index (χ4v) is 2.33. The number of carbonyl (C=O) groups excluding carboxylic acids is 6. The van der Waals surface area contributed by atoms with Crippen LogP contribution in [0.3, 0.4) is 0 Å². The van der Waals surface area contributed by atoms with Crippen LogP contribution in [0.25, 0.3) is 0 Å². The fourth-order valence-electron chi connectivity index (χ4n) is 2.33. The summed E-state index contributed by atoms with van der Waals surface area (Å²) in [6.45, 7) is -0.889. The Bertz CT molecular complexity index is 902. The zero-order valence-electron chi connectivity index (χ0n) is 16.9. The molecule has 0 fully saturated rings. The molecule has 10 nitrogen and oxygen atoms in total. The molecule has 0 unspecified atom stereocenters. The molecular weight excluding hydrogens is 420 g/mol. The van der Waals surface area contributed by atoms with E-state index in [9.17, 15) is 28.8 Å². The molecule has 32 heavy (non-hydrogen) atoms. The number of benzene rings is 2. The number of hydrogen-bond acceptors (Lipinski definition) is 8. The first-order valence-electron chi connectivity index (χ1n) is 9.41. The third-order valence-electron chi connectivity index (χ3n) is 4.00. The number of aldehydes is 2. The minimum Gasteiger partial charge on any atom is -0.452 e. The third-order valence-corrected chi connectivity index (χ3v) is 4.00. The van der Waals surface area contributed by atoms with Crippen LogP contribution in [0, 0.1) is 0 Å². The van der Waals surface area contributed by atoms with Crippen molar-refractivity contribution in [3.8, 4) is 0 Å². The van der Waals surface area contributed by atoms with Crippen LogP contribution in [0.15, 0.2) is 48.5 Å². The first kappa shape index (κ1) is 23.9. The van der Waals surface area contributed by atoms with Crippen LogP contribution in [-0.4, -0.2) is 62.6 Å². The standard InChI is InChI=1S/C22H20N2O8/c25-11-15-1-5-17(6-2-15)21(29)31-13-19(27)23-9-10-24-20(28)14-32-22(30)18-7-3-16(12-26)4-8-18/h1-8,11-12H,9-10,13-14H2,(H,23,27)(H,24,28). The van der Waals surface area contributed by atoms with E-state index in [1.165, 1.54) is 48.5 Å². The van der Waals surface area contributed by atoms with Gasteiger partial charge in [-0.25, -0.2) is 9.59 Å². The number of amides is 2. The largest absolute Gasteiger partial charge is 0.452 e. The molecule has 10 heteroatoms. The van der Waals surface area contributed by atoms with Gasteiger partial charge in [0.1, 0.15) is 12.6 Å². The highest BCUT2D eigenvalue weighted by atomic mass is 16.5. The quantitative estimate of drug-likeness (QED) is 0.293. The lowest BCUT2D eigenvalue weighted by molar-refractivity contribution is -0.125. The van der Waals surface area contributed by atoms with E-state index in [0.717, 1.165) is 0 Å². The predicted molar refractivity (Wildman–Crippen MR) is 110 cm³/mol. The molecule has 0 atom stereocenters. The van der Waals surface area contributed by atoms with Crippen molar-refractivity contribution in [2.45, 2.75) is 0 Å². The molecule has 0 aliphatic rings. The summed E-state index contributed by atoms with van der Waals surface area (Å²) in [5.74, 6) is -2.56. The molecule has 0 aromatic heterocycles. The van der Waals surface area contributed by atoms with Crippen molar-refractivity contribution in [3.63, 3.8) is 0 Å². The number of carbonyl (C=O) groups is 6. The van der Waals surface area contributed by atoms with Crippen molar-refractivity contribution in [1.82, 2.24) is 10.6 Å². The summed E-state index contributed by atoms with van der Waals surface area (Å²) in [5.41, 5.74) is 1.21. The van der Waals surface area contributed by atoms with Gasteiger partial charge in [0.25, 0.3) is 11.8 Å². The summed E-state index contributed by atoms with van der Waals surface area (Å²) < 4.78 is 9.72. The Labute approximate surface area is 182 Å². The van der Waals surface area contributed by atoms with Crippen LogP contribution < -0.4 is 10.6 Å². The molecule has 0 saturated carbocycles. The average Bonchev–Trinajstić information content (AvgIpc) is 2.83. The summed E-state index contributed by atoms with van der Waals surface area (Å²) in [6.07, 6.45) is 1.28. The number of nitrogens with one attached hydrogen (secondary N) is 2. The van der Waals surface area contributed by atoms with Crippen molar-refractivity contribution in [3.05, 3.63) is 70.8 Å². The summed E-state index contributed by atoms with van der Waals surface area (Å²) in [7, 11) is 0. The van der Waals surface area contributed by atoms with Gasteiger partial charge in [-0.1, -0.05) is 24.3 Å². The van der Waals surface area contributed by atoms with Gasteiger partial charge in [0.15, 0.2) is 13.2 Å². The van der Waals surface area contributed by atoms with E-state index in [0.29, 0.717) is 23.7 Å². The monoisotopic (exact) mass is 440 g/mol. The average molecular weight is 440 g/mol. The number of esters is 2. The molecule has 0 aliphatic carbocycles. The fraction of sp³-hybridized carbons (Fsp3) is 0.182. The molecule has 2 rings (SSSR count). The molecule has 0 aliphatic heterocycles. The topological polar surface area (TPSA) is 145 Å². The predicted octanol–water partition coefficient (Wildman–Crippen LogP) is 0.558. The van der Waals surface area contributed by atoms with Crippen molar-refractivity contribution < 1.29 is 38.2 Å². The van der Waals surface area contributed by atoms with E-state index >= 15 is 0 Å². The normalized spacial score (nSPS) is 9.88. The highest BCUT2D eigenvalue weighted by Crippen LogP contribution is 2.05. The second-order valence-electron chi connectivity index (χ2n) is 6.33. The smallest absolute Gasteiger partial charge is 0.338 e. The van der Waals surface area contributed by atoms with E-state index < -0.39 is 37.0 Å². The van der Waals surface area contributed by atoms with Gasteiger partial charge in [-0.05, 0) is 24.3 Å². The summed E-state index contributed by atoms with van der Waals surface area (Å²) >= 11 is 0. The molecule has 2 amide bonds. The first-order chi connectivity index (χ1) is 15.4. The van der Waals surface area contributed by atoms with E-state index in [-0.39, 0.29) is 24.2 Å². The van der Waals surface area contributed by atoms with Gasteiger partial charge in [-0.2, -0.15) is 0 Å². The van der Waals surface area contributed by atoms with Crippen LogP contribution in [0.1, 0.15) is 41.4 Å². The van der Waals surface area contributed by atoms with Gasteiger partial charge in [0.2, 0.25) is 0 Å².